The third kappa shape index (κ3) is 1.95. The Bertz CT molecular complexity index is 497. The highest BCUT2D eigenvalue weighted by Gasteiger charge is 2.07. The Balaban J connectivity index is 2.51. The molecule has 1 heterocycles. The molecule has 0 radical (unpaired) electrons. The fraction of sp³-hybridized carbons (Fsp3) is 0.462. The highest BCUT2D eigenvalue weighted by Crippen LogP contribution is 2.20. The predicted molar refractivity (Wildman–Crippen MR) is 67.5 cm³/mol. The molecule has 0 saturated heterocycles. The van der Waals surface area contributed by atoms with E-state index < -0.39 is 0 Å². The quantitative estimate of drug-likeness (QED) is 0.857. The molecule has 0 bridgehead atoms. The Kier molecular flexibility index (Phi) is 2.97. The van der Waals surface area contributed by atoms with Gasteiger partial charge in [0.1, 0.15) is 0 Å². The summed E-state index contributed by atoms with van der Waals surface area (Å²) in [4.78, 5) is 0. The topological polar surface area (TPSA) is 43.8 Å². The van der Waals surface area contributed by atoms with Crippen molar-refractivity contribution < 1.29 is 0 Å². The number of rotatable bonds is 3. The molecule has 0 saturated carbocycles. The first-order valence-electron chi connectivity index (χ1n) is 5.83. The van der Waals surface area contributed by atoms with Gasteiger partial charge in [-0.25, -0.2) is 0 Å². The molecule has 1 atom stereocenters. The van der Waals surface area contributed by atoms with Crippen molar-refractivity contribution in [2.75, 3.05) is 0 Å². The molecule has 0 spiro atoms. The van der Waals surface area contributed by atoms with Crippen LogP contribution in [0.4, 0.5) is 0 Å². The average molecular weight is 217 g/mol. The van der Waals surface area contributed by atoms with E-state index in [0.29, 0.717) is 0 Å². The number of aromatic nitrogens is 2. The normalized spacial score (nSPS) is 13.2. The molecule has 1 unspecified atom stereocenters. The zero-order valence-corrected chi connectivity index (χ0v) is 10.2. The van der Waals surface area contributed by atoms with Gasteiger partial charge in [0.2, 0.25) is 0 Å². The van der Waals surface area contributed by atoms with Crippen LogP contribution in [0.2, 0.25) is 0 Å². The van der Waals surface area contributed by atoms with Crippen molar-refractivity contribution in [3.05, 3.63) is 29.5 Å². The zero-order chi connectivity index (χ0) is 11.7. The molecule has 2 aromatic rings. The smallest absolute Gasteiger partial charge is 0.0687 e. The van der Waals surface area contributed by atoms with Crippen LogP contribution in [0.3, 0.4) is 0 Å². The van der Waals surface area contributed by atoms with E-state index in [0.717, 1.165) is 18.7 Å². The molecule has 2 N–H and O–H groups in total. The van der Waals surface area contributed by atoms with E-state index in [1.165, 1.54) is 16.5 Å². The summed E-state index contributed by atoms with van der Waals surface area (Å²) in [6, 6.07) is 6.72. The highest BCUT2D eigenvalue weighted by atomic mass is 15.3. The first-order chi connectivity index (χ1) is 7.61. The molecule has 1 aromatic carbocycles. The molecule has 0 aliphatic heterocycles. The van der Waals surface area contributed by atoms with Crippen LogP contribution in [-0.2, 0) is 13.0 Å². The molecule has 0 amide bonds. The van der Waals surface area contributed by atoms with Gasteiger partial charge in [-0.1, -0.05) is 12.1 Å². The Morgan fingerprint density at radius 2 is 2.19 bits per heavy atom. The summed E-state index contributed by atoms with van der Waals surface area (Å²) < 4.78 is 2.05. The first kappa shape index (κ1) is 11.1. The maximum absolute atomic E-state index is 5.82. The van der Waals surface area contributed by atoms with E-state index in [4.69, 9.17) is 5.73 Å². The minimum atomic E-state index is 0.205. The molecule has 3 nitrogen and oxygen atoms in total. The summed E-state index contributed by atoms with van der Waals surface area (Å²) in [6.07, 6.45) is 0.921. The van der Waals surface area contributed by atoms with Gasteiger partial charge < -0.3 is 5.73 Å². The largest absolute Gasteiger partial charge is 0.328 e. The van der Waals surface area contributed by atoms with Gasteiger partial charge in [-0.15, -0.1) is 0 Å². The van der Waals surface area contributed by atoms with E-state index in [-0.39, 0.29) is 6.04 Å². The van der Waals surface area contributed by atoms with E-state index >= 15 is 0 Å². The van der Waals surface area contributed by atoms with Gasteiger partial charge in [0, 0.05) is 18.0 Å². The molecule has 3 heteroatoms. The van der Waals surface area contributed by atoms with Crippen LogP contribution in [0, 0.1) is 6.92 Å². The Morgan fingerprint density at radius 1 is 1.44 bits per heavy atom. The standard InChI is InChI=1S/C13H19N3/c1-4-16-13-8-11(7-9(2)14)5-6-12(13)10(3)15-16/h5-6,8-9H,4,7,14H2,1-3H3. The fourth-order valence-corrected chi connectivity index (χ4v) is 2.13. The third-order valence-corrected chi connectivity index (χ3v) is 2.86. The maximum atomic E-state index is 5.82. The fourth-order valence-electron chi connectivity index (χ4n) is 2.13. The molecule has 16 heavy (non-hydrogen) atoms. The monoisotopic (exact) mass is 217 g/mol. The summed E-state index contributed by atoms with van der Waals surface area (Å²) >= 11 is 0. The molecule has 86 valence electrons. The summed E-state index contributed by atoms with van der Waals surface area (Å²) in [5, 5.41) is 5.76. The van der Waals surface area contributed by atoms with Crippen molar-refractivity contribution in [3.8, 4) is 0 Å². The molecular weight excluding hydrogens is 198 g/mol. The van der Waals surface area contributed by atoms with Gasteiger partial charge in [-0.3, -0.25) is 4.68 Å². The number of aryl methyl sites for hydroxylation is 2. The lowest BCUT2D eigenvalue weighted by Gasteiger charge is -2.06. The molecule has 1 aromatic heterocycles. The SMILES string of the molecule is CCn1nc(C)c2ccc(CC(C)N)cc21. The number of fused-ring (bicyclic) bond motifs is 1. The van der Waals surface area contributed by atoms with Gasteiger partial charge in [0.05, 0.1) is 11.2 Å². The number of nitrogens with two attached hydrogens (primary N) is 1. The molecule has 2 rings (SSSR count). The average Bonchev–Trinajstić information content (AvgIpc) is 2.54. The molecule has 0 aliphatic carbocycles. The van der Waals surface area contributed by atoms with Crippen molar-refractivity contribution in [2.45, 2.75) is 39.8 Å². The van der Waals surface area contributed by atoms with Crippen LogP contribution < -0.4 is 5.73 Å². The Labute approximate surface area is 96.2 Å². The van der Waals surface area contributed by atoms with Crippen molar-refractivity contribution in [3.63, 3.8) is 0 Å². The van der Waals surface area contributed by atoms with Gasteiger partial charge in [0.15, 0.2) is 0 Å². The number of benzene rings is 1. The summed E-state index contributed by atoms with van der Waals surface area (Å²) in [7, 11) is 0. The second-order valence-electron chi connectivity index (χ2n) is 4.43. The van der Waals surface area contributed by atoms with Gasteiger partial charge >= 0.3 is 0 Å². The Morgan fingerprint density at radius 3 is 2.81 bits per heavy atom. The summed E-state index contributed by atoms with van der Waals surface area (Å²) in [5.74, 6) is 0. The molecular formula is C13H19N3. The zero-order valence-electron chi connectivity index (χ0n) is 10.2. The van der Waals surface area contributed by atoms with E-state index in [1.54, 1.807) is 0 Å². The van der Waals surface area contributed by atoms with Crippen molar-refractivity contribution in [2.24, 2.45) is 5.73 Å². The van der Waals surface area contributed by atoms with Crippen LogP contribution in [0.5, 0.6) is 0 Å². The van der Waals surface area contributed by atoms with Crippen molar-refractivity contribution in [1.82, 2.24) is 9.78 Å². The third-order valence-electron chi connectivity index (χ3n) is 2.86. The van der Waals surface area contributed by atoms with E-state index in [9.17, 15) is 0 Å². The minimum absolute atomic E-state index is 0.205. The van der Waals surface area contributed by atoms with E-state index in [2.05, 4.69) is 41.8 Å². The number of hydrogen-bond donors (Lipinski definition) is 1. The number of nitrogens with zero attached hydrogens (tertiary/aromatic N) is 2. The lowest BCUT2D eigenvalue weighted by Crippen LogP contribution is -2.17. The van der Waals surface area contributed by atoms with E-state index in [1.807, 2.05) is 6.92 Å². The van der Waals surface area contributed by atoms with Crippen LogP contribution in [0.25, 0.3) is 10.9 Å². The summed E-state index contributed by atoms with van der Waals surface area (Å²) in [6.45, 7) is 7.11. The van der Waals surface area contributed by atoms with Crippen LogP contribution in [0.1, 0.15) is 25.1 Å². The highest BCUT2D eigenvalue weighted by molar-refractivity contribution is 5.82. The lowest BCUT2D eigenvalue weighted by atomic mass is 10.1. The van der Waals surface area contributed by atoms with Gasteiger partial charge in [-0.05, 0) is 38.8 Å². The first-order valence-corrected chi connectivity index (χ1v) is 5.83. The van der Waals surface area contributed by atoms with Crippen molar-refractivity contribution >= 4 is 10.9 Å². The van der Waals surface area contributed by atoms with Gasteiger partial charge in [0.25, 0.3) is 0 Å². The van der Waals surface area contributed by atoms with Crippen LogP contribution in [0.15, 0.2) is 18.2 Å². The second kappa shape index (κ2) is 4.26. The van der Waals surface area contributed by atoms with Crippen LogP contribution in [-0.4, -0.2) is 15.8 Å². The second-order valence-corrected chi connectivity index (χ2v) is 4.43. The van der Waals surface area contributed by atoms with Crippen molar-refractivity contribution in [1.29, 1.82) is 0 Å². The maximum Gasteiger partial charge on any atom is 0.0687 e. The molecule has 0 aliphatic rings. The predicted octanol–water partition coefficient (Wildman–Crippen LogP) is 2.25. The minimum Gasteiger partial charge on any atom is -0.328 e. The number of hydrogen-bond acceptors (Lipinski definition) is 2. The molecule has 0 fully saturated rings. The lowest BCUT2D eigenvalue weighted by molar-refractivity contribution is 0.675. The van der Waals surface area contributed by atoms with Gasteiger partial charge in [-0.2, -0.15) is 5.10 Å². The summed E-state index contributed by atoms with van der Waals surface area (Å²) in [5.41, 5.74) is 9.43. The van der Waals surface area contributed by atoms with Crippen LogP contribution >= 0.6 is 0 Å². The Hall–Kier alpha value is -1.35.